The van der Waals surface area contributed by atoms with E-state index in [-0.39, 0.29) is 0 Å². The Kier molecular flexibility index (Phi) is 9.59. The van der Waals surface area contributed by atoms with Crippen molar-refractivity contribution in [2.45, 2.75) is 33.7 Å². The molecule has 0 amide bonds. The second kappa shape index (κ2) is 10.7. The molecule has 0 fully saturated rings. The lowest BCUT2D eigenvalue weighted by atomic mass is 9.96. The van der Waals surface area contributed by atoms with Crippen LogP contribution in [0.25, 0.3) is 0 Å². The van der Waals surface area contributed by atoms with Crippen molar-refractivity contribution in [3.63, 3.8) is 0 Å². The fourth-order valence-corrected chi connectivity index (χ4v) is 1.49. The van der Waals surface area contributed by atoms with Gasteiger partial charge in [0.15, 0.2) is 0 Å². The van der Waals surface area contributed by atoms with E-state index < -0.39 is 0 Å². The molecule has 0 aromatic rings. The minimum Gasteiger partial charge on any atom is -0.405 e. The van der Waals surface area contributed by atoms with E-state index >= 15 is 0 Å². The number of hydrogen-bond acceptors (Lipinski definition) is 4. The number of allylic oxidation sites excluding steroid dienone is 5. The van der Waals surface area contributed by atoms with E-state index in [9.17, 15) is 0 Å². The molecule has 2 N–H and O–H groups in total. The summed E-state index contributed by atoms with van der Waals surface area (Å²) in [5.74, 6) is 0.493. The first kappa shape index (κ1) is 18.9. The van der Waals surface area contributed by atoms with Gasteiger partial charge >= 0.3 is 0 Å². The van der Waals surface area contributed by atoms with Crippen molar-refractivity contribution in [2.24, 2.45) is 21.7 Å². The summed E-state index contributed by atoms with van der Waals surface area (Å²) < 4.78 is 0. The molecule has 0 bridgehead atoms. The highest BCUT2D eigenvalue weighted by Crippen LogP contribution is 2.19. The highest BCUT2D eigenvalue weighted by Gasteiger charge is 2.05. The van der Waals surface area contributed by atoms with E-state index in [4.69, 9.17) is 5.73 Å². The number of hydrogen-bond donors (Lipinski definition) is 1. The van der Waals surface area contributed by atoms with Gasteiger partial charge in [0.05, 0.1) is 0 Å². The molecule has 116 valence electrons. The van der Waals surface area contributed by atoms with Crippen LogP contribution >= 0.6 is 0 Å². The quantitative estimate of drug-likeness (QED) is 0.808. The van der Waals surface area contributed by atoms with Crippen LogP contribution in [0.5, 0.6) is 0 Å². The van der Waals surface area contributed by atoms with Crippen molar-refractivity contribution in [3.05, 3.63) is 48.4 Å². The van der Waals surface area contributed by atoms with Gasteiger partial charge in [-0.3, -0.25) is 10.0 Å². The van der Waals surface area contributed by atoms with Gasteiger partial charge in [-0.2, -0.15) is 5.10 Å². The number of rotatable bonds is 3. The van der Waals surface area contributed by atoms with Gasteiger partial charge in [-0.25, -0.2) is 0 Å². The summed E-state index contributed by atoms with van der Waals surface area (Å²) in [5, 5.41) is 5.92. The lowest BCUT2D eigenvalue weighted by Gasteiger charge is -2.14. The predicted molar refractivity (Wildman–Crippen MR) is 94.4 cm³/mol. The van der Waals surface area contributed by atoms with Crippen LogP contribution in [0.3, 0.4) is 0 Å². The highest BCUT2D eigenvalue weighted by molar-refractivity contribution is 5.74. The van der Waals surface area contributed by atoms with E-state index in [1.54, 1.807) is 17.3 Å². The second-order valence-corrected chi connectivity index (χ2v) is 5.23. The molecule has 4 heteroatoms. The maximum Gasteiger partial charge on any atom is 0.0477 e. The normalized spacial score (nSPS) is 21.0. The van der Waals surface area contributed by atoms with E-state index in [2.05, 4.69) is 30.5 Å². The maximum atomic E-state index is 5.04. The van der Waals surface area contributed by atoms with Gasteiger partial charge in [0.1, 0.15) is 0 Å². The molecule has 4 nitrogen and oxygen atoms in total. The summed E-state index contributed by atoms with van der Waals surface area (Å²) in [5.41, 5.74) is 7.35. The molecule has 21 heavy (non-hydrogen) atoms. The molecular weight excluding hydrogens is 260 g/mol. The topological polar surface area (TPSA) is 54.0 Å². The summed E-state index contributed by atoms with van der Waals surface area (Å²) >= 11 is 0. The van der Waals surface area contributed by atoms with Crippen molar-refractivity contribution in [3.8, 4) is 0 Å². The average Bonchev–Trinajstić information content (AvgIpc) is 2.39. The van der Waals surface area contributed by atoms with Crippen LogP contribution in [0.4, 0.5) is 0 Å². The zero-order chi connectivity index (χ0) is 16.3. The third-order valence-corrected chi connectivity index (χ3v) is 2.57. The first-order valence-electron chi connectivity index (χ1n) is 7.13. The van der Waals surface area contributed by atoms with Gasteiger partial charge in [0.2, 0.25) is 0 Å². The van der Waals surface area contributed by atoms with Gasteiger partial charge in [0, 0.05) is 31.7 Å². The van der Waals surface area contributed by atoms with Crippen LogP contribution in [0.1, 0.15) is 27.7 Å². The molecular formula is C17H28N4. The average molecular weight is 288 g/mol. The smallest absolute Gasteiger partial charge is 0.0477 e. The molecule has 0 saturated heterocycles. The molecule has 1 rings (SSSR count). The zero-order valence-corrected chi connectivity index (χ0v) is 13.8. The predicted octanol–water partition coefficient (Wildman–Crippen LogP) is 3.51. The van der Waals surface area contributed by atoms with Crippen molar-refractivity contribution < 1.29 is 0 Å². The van der Waals surface area contributed by atoms with E-state index in [0.29, 0.717) is 12.0 Å². The van der Waals surface area contributed by atoms with Gasteiger partial charge < -0.3 is 5.73 Å². The fraction of sp³-hybridized carbons (Fsp3) is 0.412. The third kappa shape index (κ3) is 9.44. The van der Waals surface area contributed by atoms with Crippen molar-refractivity contribution in [1.82, 2.24) is 5.01 Å². The van der Waals surface area contributed by atoms with Crippen LogP contribution in [-0.4, -0.2) is 30.5 Å². The molecule has 0 atom stereocenters. The molecule has 1 aliphatic heterocycles. The number of nitrogens with zero attached hydrogens (tertiary/aromatic N) is 3. The first-order valence-corrected chi connectivity index (χ1v) is 7.13. The Morgan fingerprint density at radius 3 is 2.52 bits per heavy atom. The molecule has 0 aromatic carbocycles. The van der Waals surface area contributed by atoms with Gasteiger partial charge in [-0.1, -0.05) is 20.4 Å². The van der Waals surface area contributed by atoms with E-state index in [1.807, 2.05) is 45.5 Å². The molecule has 1 heterocycles. The Hall–Kier alpha value is -2.10. The summed E-state index contributed by atoms with van der Waals surface area (Å²) in [6.45, 7) is 12.4. The standard InChI is InChI=1S/C11H16N2.C6H12N2/c1-9(2)11-5-7-12-13(4)8-6-10(11)3;1-6(2)8-5-3-4-7/h5-9H,3H2,1-2,4H3;3-6H,7H2,1-2H3/b8-6-,11-5-,12-7-;4-3-,8-5?. The molecule has 0 radical (unpaired) electrons. The molecule has 0 saturated carbocycles. The van der Waals surface area contributed by atoms with Gasteiger partial charge in [0.25, 0.3) is 0 Å². The Balaban J connectivity index is 0.000000433. The van der Waals surface area contributed by atoms with Crippen LogP contribution < -0.4 is 5.73 Å². The number of nitrogens with two attached hydrogens (primary N) is 1. The monoisotopic (exact) mass is 288 g/mol. The molecule has 0 aromatic heterocycles. The minimum atomic E-state index is 0.367. The summed E-state index contributed by atoms with van der Waals surface area (Å²) in [7, 11) is 1.90. The Labute approximate surface area is 129 Å². The maximum absolute atomic E-state index is 5.04. The van der Waals surface area contributed by atoms with E-state index in [0.717, 1.165) is 5.57 Å². The lowest BCUT2D eigenvalue weighted by molar-refractivity contribution is 0.492. The van der Waals surface area contributed by atoms with Gasteiger partial charge in [-0.05, 0) is 55.3 Å². The fourth-order valence-electron chi connectivity index (χ4n) is 1.49. The number of hydrazone groups is 1. The van der Waals surface area contributed by atoms with Crippen molar-refractivity contribution >= 4 is 12.4 Å². The minimum absolute atomic E-state index is 0.367. The Morgan fingerprint density at radius 1 is 1.33 bits per heavy atom. The highest BCUT2D eigenvalue weighted by atomic mass is 15.4. The summed E-state index contributed by atoms with van der Waals surface area (Å²) in [4.78, 5) is 4.02. The SMILES string of the molecule is C=C1/C=C\N(C)/N=C\C=C/1C(C)C.CC(C)N=C/C=C\N. The Morgan fingerprint density at radius 2 is 2.00 bits per heavy atom. The van der Waals surface area contributed by atoms with Crippen LogP contribution in [0.2, 0.25) is 0 Å². The van der Waals surface area contributed by atoms with Crippen molar-refractivity contribution in [2.75, 3.05) is 7.05 Å². The largest absolute Gasteiger partial charge is 0.405 e. The summed E-state index contributed by atoms with van der Waals surface area (Å²) in [6, 6.07) is 0.367. The lowest BCUT2D eigenvalue weighted by Crippen LogP contribution is -2.05. The molecule has 0 aliphatic carbocycles. The third-order valence-electron chi connectivity index (χ3n) is 2.57. The van der Waals surface area contributed by atoms with Crippen LogP contribution in [-0.2, 0) is 0 Å². The van der Waals surface area contributed by atoms with Crippen molar-refractivity contribution in [1.29, 1.82) is 0 Å². The van der Waals surface area contributed by atoms with E-state index in [1.165, 1.54) is 11.8 Å². The second-order valence-electron chi connectivity index (χ2n) is 5.23. The molecule has 1 aliphatic rings. The number of aliphatic imine (C=N–C) groups is 1. The van der Waals surface area contributed by atoms with Crippen LogP contribution in [0, 0.1) is 5.92 Å². The van der Waals surface area contributed by atoms with Crippen LogP contribution in [0.15, 0.2) is 58.4 Å². The zero-order valence-electron chi connectivity index (χ0n) is 13.8. The first-order chi connectivity index (χ1) is 9.88. The summed E-state index contributed by atoms with van der Waals surface area (Å²) in [6.07, 6.45) is 12.6. The molecule has 0 spiro atoms. The van der Waals surface area contributed by atoms with Gasteiger partial charge in [-0.15, -0.1) is 0 Å². The Bertz CT molecular complexity index is 451. The molecule has 0 unspecified atom stereocenters.